The van der Waals surface area contributed by atoms with Crippen molar-refractivity contribution in [2.24, 2.45) is 0 Å². The molecule has 0 radical (unpaired) electrons. The summed E-state index contributed by atoms with van der Waals surface area (Å²) in [4.78, 5) is 26.4. The van der Waals surface area contributed by atoms with E-state index in [2.05, 4.69) is 29.9 Å². The molecule has 2 heterocycles. The van der Waals surface area contributed by atoms with E-state index in [0.29, 0.717) is 18.5 Å². The van der Waals surface area contributed by atoms with Crippen LogP contribution in [0.1, 0.15) is 31.6 Å². The second-order valence-corrected chi connectivity index (χ2v) is 11.8. The largest absolute Gasteiger partial charge is 0.388 e. The summed E-state index contributed by atoms with van der Waals surface area (Å²) in [5.74, 6) is 0. The van der Waals surface area contributed by atoms with Crippen LogP contribution in [0, 0.1) is 0 Å². The van der Waals surface area contributed by atoms with Crippen LogP contribution in [0.4, 0.5) is 0 Å². The van der Waals surface area contributed by atoms with Gasteiger partial charge in [-0.05, 0) is 38.9 Å². The standard InChI is InChI=1S/C17H30N3O5P/c1-5-7-18-9-11-10-20(17(24)19-15(11)23)16-14(22)13(21)12(25-16)6-8-26(2,3)4/h10,12-14,16,18,21-22H,2,5-9H2,1,3-4H3,(H,19,23,24)/t12-,13-,14-,16-/m1/s1. The van der Waals surface area contributed by atoms with Crippen molar-refractivity contribution in [3.8, 4) is 0 Å². The van der Waals surface area contributed by atoms with Gasteiger partial charge < -0.3 is 20.3 Å². The highest BCUT2D eigenvalue weighted by Gasteiger charge is 2.43. The van der Waals surface area contributed by atoms with Crippen molar-refractivity contribution in [3.63, 3.8) is 0 Å². The maximum atomic E-state index is 12.2. The molecule has 2 rings (SSSR count). The molecule has 0 amide bonds. The van der Waals surface area contributed by atoms with E-state index in [4.69, 9.17) is 4.74 Å². The van der Waals surface area contributed by atoms with E-state index >= 15 is 0 Å². The SMILES string of the molecule is C=P(C)(C)CC[C@H]1O[C@@H](n2cc(CNCCC)c(=O)[nH]c2=O)[C@H](O)[C@@H]1O. The summed E-state index contributed by atoms with van der Waals surface area (Å²) in [6, 6.07) is 0. The van der Waals surface area contributed by atoms with Gasteiger partial charge in [-0.2, -0.15) is 0 Å². The molecule has 0 spiro atoms. The van der Waals surface area contributed by atoms with Gasteiger partial charge in [-0.1, -0.05) is 6.92 Å². The maximum absolute atomic E-state index is 12.2. The molecule has 1 aliphatic heterocycles. The van der Waals surface area contributed by atoms with Gasteiger partial charge in [-0.3, -0.25) is 14.3 Å². The van der Waals surface area contributed by atoms with Gasteiger partial charge in [0.05, 0.1) is 6.10 Å². The average molecular weight is 387 g/mol. The third-order valence-corrected chi connectivity index (χ3v) is 5.88. The summed E-state index contributed by atoms with van der Waals surface area (Å²) in [7, 11) is 0. The van der Waals surface area contributed by atoms with E-state index in [1.807, 2.05) is 6.92 Å². The Morgan fingerprint density at radius 1 is 1.35 bits per heavy atom. The van der Waals surface area contributed by atoms with E-state index in [-0.39, 0.29) is 0 Å². The average Bonchev–Trinajstić information content (AvgIpc) is 2.83. The minimum Gasteiger partial charge on any atom is -0.388 e. The van der Waals surface area contributed by atoms with Crippen LogP contribution in [0.5, 0.6) is 0 Å². The number of rotatable bonds is 8. The van der Waals surface area contributed by atoms with Gasteiger partial charge >= 0.3 is 5.69 Å². The molecule has 1 aromatic rings. The van der Waals surface area contributed by atoms with Gasteiger partial charge in [0.2, 0.25) is 0 Å². The molecule has 1 saturated heterocycles. The summed E-state index contributed by atoms with van der Waals surface area (Å²) < 4.78 is 6.93. The second-order valence-electron chi connectivity index (χ2n) is 7.49. The Morgan fingerprint density at radius 3 is 2.65 bits per heavy atom. The second kappa shape index (κ2) is 8.67. The normalized spacial score (nSPS) is 26.3. The quantitative estimate of drug-likeness (QED) is 0.361. The summed E-state index contributed by atoms with van der Waals surface area (Å²) in [6.45, 7) is 5.94. The number of nitrogens with one attached hydrogen (secondary N) is 2. The van der Waals surface area contributed by atoms with Crippen LogP contribution in [-0.2, 0) is 11.3 Å². The fourth-order valence-corrected chi connectivity index (χ4v) is 3.87. The van der Waals surface area contributed by atoms with E-state index in [1.165, 1.54) is 6.20 Å². The molecule has 9 heteroatoms. The molecule has 8 nitrogen and oxygen atoms in total. The Morgan fingerprint density at radius 2 is 2.04 bits per heavy atom. The molecule has 26 heavy (non-hydrogen) atoms. The number of aromatic nitrogens is 2. The first-order valence-corrected chi connectivity index (χ1v) is 11.9. The highest BCUT2D eigenvalue weighted by molar-refractivity contribution is 7.72. The lowest BCUT2D eigenvalue weighted by Crippen LogP contribution is -2.39. The molecule has 1 aliphatic rings. The number of H-pyrrole nitrogens is 1. The first-order valence-electron chi connectivity index (χ1n) is 8.88. The van der Waals surface area contributed by atoms with Crippen molar-refractivity contribution < 1.29 is 14.9 Å². The van der Waals surface area contributed by atoms with Crippen molar-refractivity contribution in [2.75, 3.05) is 26.0 Å². The number of aromatic amines is 1. The van der Waals surface area contributed by atoms with Gasteiger partial charge in [0.25, 0.3) is 5.56 Å². The van der Waals surface area contributed by atoms with Gasteiger partial charge in [0.1, 0.15) is 12.2 Å². The smallest absolute Gasteiger partial charge is 0.330 e. The van der Waals surface area contributed by atoms with Crippen LogP contribution in [0.15, 0.2) is 15.8 Å². The fourth-order valence-electron chi connectivity index (χ4n) is 2.92. The van der Waals surface area contributed by atoms with Crippen LogP contribution in [-0.4, -0.2) is 70.4 Å². The fraction of sp³-hybridized carbons (Fsp3) is 0.706. The Bertz CT molecular complexity index is 768. The molecule has 0 bridgehead atoms. The minimum absolute atomic E-state index is 0.304. The first kappa shape index (κ1) is 21.1. The van der Waals surface area contributed by atoms with Crippen LogP contribution < -0.4 is 16.6 Å². The molecule has 0 saturated carbocycles. The van der Waals surface area contributed by atoms with Crippen molar-refractivity contribution >= 4 is 13.2 Å². The molecule has 0 aromatic carbocycles. The third-order valence-electron chi connectivity index (χ3n) is 4.41. The molecular formula is C17H30N3O5P. The minimum atomic E-state index is -1.29. The van der Waals surface area contributed by atoms with Gasteiger partial charge in [-0.15, -0.1) is 13.2 Å². The van der Waals surface area contributed by atoms with Crippen molar-refractivity contribution in [2.45, 2.75) is 50.8 Å². The Kier molecular flexibility index (Phi) is 7.05. The summed E-state index contributed by atoms with van der Waals surface area (Å²) >= 11 is 0. The third kappa shape index (κ3) is 5.18. The van der Waals surface area contributed by atoms with Gasteiger partial charge in [0.15, 0.2) is 6.23 Å². The van der Waals surface area contributed by atoms with E-state index in [9.17, 15) is 19.8 Å². The monoisotopic (exact) mass is 387 g/mol. The van der Waals surface area contributed by atoms with Crippen molar-refractivity contribution in [1.82, 2.24) is 14.9 Å². The topological polar surface area (TPSA) is 117 Å². The molecule has 4 atom stereocenters. The number of aliphatic hydroxyl groups excluding tert-OH is 2. The van der Waals surface area contributed by atoms with E-state index < -0.39 is 42.7 Å². The molecule has 1 fully saturated rings. The summed E-state index contributed by atoms with van der Waals surface area (Å²) in [5.41, 5.74) is -0.768. The number of ether oxygens (including phenoxy) is 1. The molecule has 1 aromatic heterocycles. The highest BCUT2D eigenvalue weighted by atomic mass is 31.2. The maximum Gasteiger partial charge on any atom is 0.330 e. The Hall–Kier alpha value is -1.18. The summed E-state index contributed by atoms with van der Waals surface area (Å²) in [6.07, 6.45) is 3.87. The number of hydrogen-bond donors (Lipinski definition) is 4. The van der Waals surface area contributed by atoms with E-state index in [1.54, 1.807) is 0 Å². The lowest BCUT2D eigenvalue weighted by Gasteiger charge is -2.19. The molecule has 0 aliphatic carbocycles. The van der Waals surface area contributed by atoms with Crippen molar-refractivity contribution in [1.29, 1.82) is 0 Å². The lowest BCUT2D eigenvalue weighted by atomic mass is 10.1. The predicted molar refractivity (Wildman–Crippen MR) is 105 cm³/mol. The van der Waals surface area contributed by atoms with Crippen LogP contribution in [0.25, 0.3) is 0 Å². The number of nitrogens with zero attached hydrogens (tertiary/aromatic N) is 1. The molecule has 148 valence electrons. The predicted octanol–water partition coefficient (Wildman–Crippen LogP) is -0.245. The molecular weight excluding hydrogens is 357 g/mol. The zero-order chi connectivity index (χ0) is 19.5. The molecule has 0 unspecified atom stereocenters. The lowest BCUT2D eigenvalue weighted by molar-refractivity contribution is -0.0404. The van der Waals surface area contributed by atoms with Gasteiger partial charge in [-0.25, -0.2) is 4.79 Å². The van der Waals surface area contributed by atoms with Crippen LogP contribution in [0.2, 0.25) is 0 Å². The van der Waals surface area contributed by atoms with Crippen LogP contribution in [0.3, 0.4) is 0 Å². The van der Waals surface area contributed by atoms with Gasteiger partial charge in [0, 0.05) is 18.3 Å². The number of aliphatic hydroxyl groups is 2. The van der Waals surface area contributed by atoms with Crippen molar-refractivity contribution in [3.05, 3.63) is 32.6 Å². The number of hydrogen-bond acceptors (Lipinski definition) is 6. The Labute approximate surface area is 153 Å². The first-order chi connectivity index (χ1) is 12.1. The molecule has 4 N–H and O–H groups in total. The highest BCUT2D eigenvalue weighted by Crippen LogP contribution is 2.39. The zero-order valence-electron chi connectivity index (χ0n) is 15.6. The zero-order valence-corrected chi connectivity index (χ0v) is 16.5. The Balaban J connectivity index is 2.21. The van der Waals surface area contributed by atoms with Crippen LogP contribution >= 0.6 is 6.89 Å². The summed E-state index contributed by atoms with van der Waals surface area (Å²) in [5, 5.41) is 23.8. The van der Waals surface area contributed by atoms with E-state index in [0.717, 1.165) is 23.7 Å².